The van der Waals surface area contributed by atoms with Crippen LogP contribution < -0.4 is 0 Å². The van der Waals surface area contributed by atoms with Crippen molar-refractivity contribution in [2.24, 2.45) is 0 Å². The van der Waals surface area contributed by atoms with Gasteiger partial charge in [-0.05, 0) is 13.1 Å². The molecule has 8 heavy (non-hydrogen) atoms. The third-order valence-corrected chi connectivity index (χ3v) is 1.01. The predicted octanol–water partition coefficient (Wildman–Crippen LogP) is 0.423. The molecule has 0 saturated carbocycles. The van der Waals surface area contributed by atoms with Crippen LogP contribution in [0.3, 0.4) is 0 Å². The molecule has 49 valence electrons. The summed E-state index contributed by atoms with van der Waals surface area (Å²) in [5.41, 5.74) is 0. The number of rotatable bonds is 0. The van der Waals surface area contributed by atoms with E-state index in [1.807, 2.05) is 0 Å². The van der Waals surface area contributed by atoms with Crippen molar-refractivity contribution < 1.29 is 24.3 Å². The number of urea groups is 1. The molecule has 0 unspecified atom stereocenters. The molecule has 0 atom stereocenters. The van der Waals surface area contributed by atoms with Gasteiger partial charge < -0.3 is 10.2 Å². The standard InChI is InChI=1S/C4H8N2O.Rh/c1-6-3-2-5-4(6)7;/h2-3H2,1H3,(H,5,7);/p-1. The van der Waals surface area contributed by atoms with Crippen LogP contribution in [0.15, 0.2) is 0 Å². The van der Waals surface area contributed by atoms with Crippen molar-refractivity contribution in [1.82, 2.24) is 4.90 Å². The average Bonchev–Trinajstić information content (AvgIpc) is 1.91. The summed E-state index contributed by atoms with van der Waals surface area (Å²) < 4.78 is 0. The van der Waals surface area contributed by atoms with Gasteiger partial charge in [0, 0.05) is 19.5 Å². The Balaban J connectivity index is 0.000000490. The molecule has 1 saturated heterocycles. The third-order valence-electron chi connectivity index (χ3n) is 1.01. The molecule has 0 N–H and O–H groups in total. The van der Waals surface area contributed by atoms with E-state index in [0.717, 1.165) is 6.54 Å². The van der Waals surface area contributed by atoms with Crippen molar-refractivity contribution in [1.29, 1.82) is 0 Å². The summed E-state index contributed by atoms with van der Waals surface area (Å²) >= 11 is 0. The molecule has 2 amide bonds. The van der Waals surface area contributed by atoms with Crippen LogP contribution in [0.1, 0.15) is 0 Å². The molecule has 0 aliphatic carbocycles. The second-order valence-corrected chi connectivity index (χ2v) is 1.59. The number of amides is 2. The molecule has 0 aromatic carbocycles. The summed E-state index contributed by atoms with van der Waals surface area (Å²) in [6.45, 7) is 1.47. The molecule has 3 nitrogen and oxygen atoms in total. The number of nitrogens with zero attached hydrogens (tertiary/aromatic N) is 2. The van der Waals surface area contributed by atoms with Crippen molar-refractivity contribution >= 4 is 6.03 Å². The zero-order valence-electron chi connectivity index (χ0n) is 4.55. The van der Waals surface area contributed by atoms with Crippen LogP contribution in [-0.2, 0) is 19.5 Å². The SMILES string of the molecule is CN1CC[N-]C1=O.[Rh]. The first-order chi connectivity index (χ1) is 3.30. The second kappa shape index (κ2) is 3.03. The van der Waals surface area contributed by atoms with Crippen molar-refractivity contribution in [2.75, 3.05) is 20.1 Å². The Kier molecular flexibility index (Phi) is 2.99. The van der Waals surface area contributed by atoms with Crippen LogP contribution in [0.2, 0.25) is 0 Å². The number of carbonyl (C=O) groups excluding carboxylic acids is 1. The first-order valence-corrected chi connectivity index (χ1v) is 2.23. The van der Waals surface area contributed by atoms with Gasteiger partial charge in [-0.1, -0.05) is 7.05 Å². The summed E-state index contributed by atoms with van der Waals surface area (Å²) in [7, 11) is 1.75. The van der Waals surface area contributed by atoms with Crippen LogP contribution in [0, 0.1) is 0 Å². The van der Waals surface area contributed by atoms with E-state index in [0.29, 0.717) is 6.54 Å². The van der Waals surface area contributed by atoms with Gasteiger partial charge in [-0.2, -0.15) is 0 Å². The largest absolute Gasteiger partial charge is 0.440 e. The fraction of sp³-hybridized carbons (Fsp3) is 0.750. The van der Waals surface area contributed by atoms with Crippen molar-refractivity contribution in [2.45, 2.75) is 0 Å². The van der Waals surface area contributed by atoms with Gasteiger partial charge in [-0.3, -0.25) is 4.79 Å². The topological polar surface area (TPSA) is 34.4 Å². The summed E-state index contributed by atoms with van der Waals surface area (Å²) in [5, 5.41) is 3.60. The van der Waals surface area contributed by atoms with Crippen molar-refractivity contribution in [3.63, 3.8) is 0 Å². The average molecular weight is 202 g/mol. The van der Waals surface area contributed by atoms with Crippen LogP contribution in [0.25, 0.3) is 5.32 Å². The fourth-order valence-corrected chi connectivity index (χ4v) is 0.512. The van der Waals surface area contributed by atoms with E-state index in [-0.39, 0.29) is 25.5 Å². The molecular formula is C4H7N2ORh-. The molecule has 1 fully saturated rings. The van der Waals surface area contributed by atoms with Gasteiger partial charge in [0.1, 0.15) is 0 Å². The van der Waals surface area contributed by atoms with E-state index in [9.17, 15) is 4.79 Å². The number of hydrogen-bond donors (Lipinski definition) is 0. The molecule has 0 spiro atoms. The van der Waals surface area contributed by atoms with Gasteiger partial charge >= 0.3 is 0 Å². The Morgan fingerprint density at radius 2 is 2.38 bits per heavy atom. The number of carbonyl (C=O) groups is 1. The predicted molar refractivity (Wildman–Crippen MR) is 26.3 cm³/mol. The maximum Gasteiger partial charge on any atom is 0.155 e. The third kappa shape index (κ3) is 1.44. The Bertz CT molecular complexity index is 96.0. The van der Waals surface area contributed by atoms with Crippen LogP contribution in [-0.4, -0.2) is 31.1 Å². The van der Waals surface area contributed by atoms with Gasteiger partial charge in [-0.15, -0.1) is 0 Å². The fourth-order valence-electron chi connectivity index (χ4n) is 0.512. The normalized spacial score (nSPS) is 17.6. The summed E-state index contributed by atoms with van der Waals surface area (Å²) in [4.78, 5) is 11.9. The quantitative estimate of drug-likeness (QED) is 0.524. The van der Waals surface area contributed by atoms with E-state index >= 15 is 0 Å². The van der Waals surface area contributed by atoms with Gasteiger partial charge in [-0.25, -0.2) is 0 Å². The van der Waals surface area contributed by atoms with Crippen molar-refractivity contribution in [3.8, 4) is 0 Å². The van der Waals surface area contributed by atoms with Crippen molar-refractivity contribution in [3.05, 3.63) is 5.32 Å². The number of hydrogen-bond acceptors (Lipinski definition) is 1. The zero-order valence-corrected chi connectivity index (χ0v) is 6.19. The summed E-state index contributed by atoms with van der Waals surface area (Å²) in [6, 6.07) is -0.0833. The van der Waals surface area contributed by atoms with Crippen LogP contribution >= 0.6 is 0 Å². The first-order valence-electron chi connectivity index (χ1n) is 2.23. The van der Waals surface area contributed by atoms with E-state index in [1.165, 1.54) is 0 Å². The minimum Gasteiger partial charge on any atom is -0.440 e. The smallest absolute Gasteiger partial charge is 0.155 e. The number of likely N-dealkylation sites (N-methyl/N-ethyl adjacent to an activating group) is 1. The molecule has 0 bridgehead atoms. The van der Waals surface area contributed by atoms with E-state index in [2.05, 4.69) is 5.32 Å². The van der Waals surface area contributed by atoms with Crippen LogP contribution in [0.5, 0.6) is 0 Å². The Labute approximate surface area is 61.2 Å². The van der Waals surface area contributed by atoms with Gasteiger partial charge in [0.15, 0.2) is 6.03 Å². The molecule has 1 radical (unpaired) electrons. The molecular weight excluding hydrogens is 195 g/mol. The van der Waals surface area contributed by atoms with Gasteiger partial charge in [0.2, 0.25) is 0 Å². The molecule has 1 aliphatic heterocycles. The Hall–Kier alpha value is -0.107. The minimum atomic E-state index is -0.0833. The monoisotopic (exact) mass is 202 g/mol. The molecule has 0 aromatic heterocycles. The van der Waals surface area contributed by atoms with Gasteiger partial charge in [0.25, 0.3) is 0 Å². The molecule has 0 aromatic rings. The van der Waals surface area contributed by atoms with E-state index in [4.69, 9.17) is 0 Å². The second-order valence-electron chi connectivity index (χ2n) is 1.59. The van der Waals surface area contributed by atoms with E-state index < -0.39 is 0 Å². The van der Waals surface area contributed by atoms with E-state index in [1.54, 1.807) is 11.9 Å². The molecule has 1 rings (SSSR count). The zero-order chi connectivity index (χ0) is 5.28. The van der Waals surface area contributed by atoms with Gasteiger partial charge in [0.05, 0.1) is 0 Å². The maximum absolute atomic E-state index is 10.3. The molecule has 4 heteroatoms. The summed E-state index contributed by atoms with van der Waals surface area (Å²) in [5.74, 6) is 0. The molecule has 1 aliphatic rings. The Morgan fingerprint density at radius 3 is 2.50 bits per heavy atom. The van der Waals surface area contributed by atoms with Crippen LogP contribution in [0.4, 0.5) is 4.79 Å². The summed E-state index contributed by atoms with van der Waals surface area (Å²) in [6.07, 6.45) is 0. The molecule has 1 heterocycles. The first kappa shape index (κ1) is 7.89. The Morgan fingerprint density at radius 1 is 1.75 bits per heavy atom. The minimum absolute atomic E-state index is 0. The maximum atomic E-state index is 10.3.